The molecular formula is C13H11N5. The fraction of sp³-hybridized carbons (Fsp3) is 0.154. The van der Waals surface area contributed by atoms with E-state index in [-0.39, 0.29) is 6.04 Å². The molecule has 0 bridgehead atoms. The molecule has 0 spiro atoms. The third kappa shape index (κ3) is 1.55. The van der Waals surface area contributed by atoms with Gasteiger partial charge in [0.05, 0.1) is 12.3 Å². The highest BCUT2D eigenvalue weighted by atomic mass is 15.3. The quantitative estimate of drug-likeness (QED) is 0.744. The third-order valence-corrected chi connectivity index (χ3v) is 2.96. The molecule has 0 aliphatic heterocycles. The summed E-state index contributed by atoms with van der Waals surface area (Å²) in [5.74, 6) is 0. The van der Waals surface area contributed by atoms with Crippen molar-refractivity contribution < 1.29 is 0 Å². The van der Waals surface area contributed by atoms with Crippen molar-refractivity contribution in [3.63, 3.8) is 0 Å². The molecule has 88 valence electrons. The molecule has 0 aliphatic carbocycles. The average Bonchev–Trinajstić information content (AvgIpc) is 3.05. The fourth-order valence-corrected chi connectivity index (χ4v) is 1.96. The Morgan fingerprint density at radius 1 is 1.44 bits per heavy atom. The second-order valence-corrected chi connectivity index (χ2v) is 4.11. The first-order chi connectivity index (χ1) is 8.79. The molecule has 1 N–H and O–H groups in total. The maximum absolute atomic E-state index is 8.88. The molecule has 1 atom stereocenters. The van der Waals surface area contributed by atoms with Crippen LogP contribution < -0.4 is 0 Å². The molecule has 0 saturated heterocycles. The van der Waals surface area contributed by atoms with Crippen LogP contribution in [0.25, 0.3) is 22.2 Å². The minimum absolute atomic E-state index is 0.262. The molecule has 0 aliphatic rings. The Bertz CT molecular complexity index is 731. The van der Waals surface area contributed by atoms with Crippen molar-refractivity contribution in [2.75, 3.05) is 0 Å². The summed E-state index contributed by atoms with van der Waals surface area (Å²) >= 11 is 0. The van der Waals surface area contributed by atoms with Crippen molar-refractivity contribution in [3.8, 4) is 17.2 Å². The highest BCUT2D eigenvalue weighted by Crippen LogP contribution is 2.26. The Morgan fingerprint density at radius 3 is 3.17 bits per heavy atom. The zero-order chi connectivity index (χ0) is 12.5. The summed E-state index contributed by atoms with van der Waals surface area (Å²) in [4.78, 5) is 7.33. The van der Waals surface area contributed by atoms with E-state index in [0.717, 1.165) is 22.2 Å². The normalized spacial score (nSPS) is 12.4. The highest BCUT2D eigenvalue weighted by molar-refractivity contribution is 5.92. The predicted molar refractivity (Wildman–Crippen MR) is 67.6 cm³/mol. The number of aromatic nitrogens is 4. The molecule has 0 amide bonds. The van der Waals surface area contributed by atoms with Gasteiger partial charge in [0.25, 0.3) is 0 Å². The number of nitriles is 1. The van der Waals surface area contributed by atoms with E-state index >= 15 is 0 Å². The third-order valence-electron chi connectivity index (χ3n) is 2.96. The van der Waals surface area contributed by atoms with E-state index < -0.39 is 0 Å². The SMILES string of the molecule is CC(C#N)n1cc(-c2ccnc3[nH]ccc23)cn1. The molecule has 0 saturated carbocycles. The van der Waals surface area contributed by atoms with E-state index in [1.165, 1.54) is 0 Å². The summed E-state index contributed by atoms with van der Waals surface area (Å²) in [6.45, 7) is 1.81. The van der Waals surface area contributed by atoms with Crippen LogP contribution in [0.5, 0.6) is 0 Å². The Balaban J connectivity index is 2.12. The predicted octanol–water partition coefficient (Wildman–Crippen LogP) is 2.51. The molecule has 3 aromatic rings. The number of H-pyrrole nitrogens is 1. The van der Waals surface area contributed by atoms with Gasteiger partial charge in [-0.2, -0.15) is 10.4 Å². The number of fused-ring (bicyclic) bond motifs is 1. The van der Waals surface area contributed by atoms with E-state index in [9.17, 15) is 0 Å². The van der Waals surface area contributed by atoms with Crippen LogP contribution in [-0.2, 0) is 0 Å². The zero-order valence-electron chi connectivity index (χ0n) is 9.83. The molecule has 5 nitrogen and oxygen atoms in total. The highest BCUT2D eigenvalue weighted by Gasteiger charge is 2.09. The largest absolute Gasteiger partial charge is 0.346 e. The summed E-state index contributed by atoms with van der Waals surface area (Å²) < 4.78 is 1.66. The van der Waals surface area contributed by atoms with Crippen molar-refractivity contribution in [1.29, 1.82) is 5.26 Å². The first-order valence-electron chi connectivity index (χ1n) is 5.66. The molecule has 18 heavy (non-hydrogen) atoms. The smallest absolute Gasteiger partial charge is 0.137 e. The maximum Gasteiger partial charge on any atom is 0.137 e. The number of nitrogens with one attached hydrogen (secondary N) is 1. The lowest BCUT2D eigenvalue weighted by Crippen LogP contribution is -2.01. The van der Waals surface area contributed by atoms with E-state index in [1.54, 1.807) is 17.1 Å². The first kappa shape index (κ1) is 10.5. The topological polar surface area (TPSA) is 70.3 Å². The zero-order valence-corrected chi connectivity index (χ0v) is 9.83. The second-order valence-electron chi connectivity index (χ2n) is 4.11. The van der Waals surface area contributed by atoms with Crippen molar-refractivity contribution in [3.05, 3.63) is 36.9 Å². The van der Waals surface area contributed by atoms with Gasteiger partial charge >= 0.3 is 0 Å². The van der Waals surface area contributed by atoms with Gasteiger partial charge < -0.3 is 4.98 Å². The van der Waals surface area contributed by atoms with E-state index in [4.69, 9.17) is 5.26 Å². The van der Waals surface area contributed by atoms with Crippen molar-refractivity contribution >= 4 is 11.0 Å². The van der Waals surface area contributed by atoms with Gasteiger partial charge in [0.1, 0.15) is 11.7 Å². The standard InChI is InChI=1S/C13H11N5/c1-9(6-14)18-8-10(7-17-18)11-2-4-15-13-12(11)3-5-16-13/h2-5,7-9H,1H3,(H,15,16). The molecule has 5 heteroatoms. The molecule has 3 heterocycles. The van der Waals surface area contributed by atoms with Crippen molar-refractivity contribution in [1.82, 2.24) is 19.7 Å². The van der Waals surface area contributed by atoms with Gasteiger partial charge in [-0.25, -0.2) is 4.98 Å². The molecule has 0 radical (unpaired) electrons. The van der Waals surface area contributed by atoms with Gasteiger partial charge in [0.2, 0.25) is 0 Å². The average molecular weight is 237 g/mol. The number of hydrogen-bond donors (Lipinski definition) is 1. The minimum atomic E-state index is -0.262. The van der Waals surface area contributed by atoms with Crippen LogP contribution >= 0.6 is 0 Å². The van der Waals surface area contributed by atoms with Crippen LogP contribution in [0.1, 0.15) is 13.0 Å². The van der Waals surface area contributed by atoms with Gasteiger partial charge in [0, 0.05) is 29.5 Å². The lowest BCUT2D eigenvalue weighted by atomic mass is 10.1. The molecule has 1 unspecified atom stereocenters. The summed E-state index contributed by atoms with van der Waals surface area (Å²) in [6.07, 6.45) is 7.29. The molecule has 0 aromatic carbocycles. The Kier molecular flexibility index (Phi) is 2.34. The summed E-state index contributed by atoms with van der Waals surface area (Å²) in [5.41, 5.74) is 2.91. The number of pyridine rings is 1. The number of rotatable bonds is 2. The first-order valence-corrected chi connectivity index (χ1v) is 5.66. The fourth-order valence-electron chi connectivity index (χ4n) is 1.96. The Morgan fingerprint density at radius 2 is 2.33 bits per heavy atom. The Labute approximate surface area is 104 Å². The lowest BCUT2D eigenvalue weighted by Gasteiger charge is -2.01. The van der Waals surface area contributed by atoms with Crippen LogP contribution in [0.15, 0.2) is 36.9 Å². The number of hydrogen-bond acceptors (Lipinski definition) is 3. The summed E-state index contributed by atoms with van der Waals surface area (Å²) in [6, 6.07) is 5.84. The molecule has 3 rings (SSSR count). The second kappa shape index (κ2) is 4.00. The van der Waals surface area contributed by atoms with Gasteiger partial charge in [-0.15, -0.1) is 0 Å². The summed E-state index contributed by atoms with van der Waals surface area (Å²) in [5, 5.41) is 14.2. The van der Waals surface area contributed by atoms with E-state index in [1.807, 2.05) is 31.5 Å². The lowest BCUT2D eigenvalue weighted by molar-refractivity contribution is 0.591. The van der Waals surface area contributed by atoms with Gasteiger partial charge in [-0.1, -0.05) is 0 Å². The van der Waals surface area contributed by atoms with E-state index in [2.05, 4.69) is 21.1 Å². The molecular weight excluding hydrogens is 226 g/mol. The maximum atomic E-state index is 8.88. The van der Waals surface area contributed by atoms with Crippen LogP contribution in [0.4, 0.5) is 0 Å². The number of aromatic amines is 1. The van der Waals surface area contributed by atoms with Gasteiger partial charge in [-0.05, 0) is 24.6 Å². The van der Waals surface area contributed by atoms with Crippen LogP contribution in [0, 0.1) is 11.3 Å². The molecule has 0 fully saturated rings. The van der Waals surface area contributed by atoms with Crippen molar-refractivity contribution in [2.45, 2.75) is 13.0 Å². The monoisotopic (exact) mass is 237 g/mol. The van der Waals surface area contributed by atoms with Crippen LogP contribution in [0.3, 0.4) is 0 Å². The minimum Gasteiger partial charge on any atom is -0.346 e. The van der Waals surface area contributed by atoms with Crippen LogP contribution in [-0.4, -0.2) is 19.7 Å². The summed E-state index contributed by atoms with van der Waals surface area (Å²) in [7, 11) is 0. The Hall–Kier alpha value is -2.61. The van der Waals surface area contributed by atoms with Crippen molar-refractivity contribution in [2.24, 2.45) is 0 Å². The van der Waals surface area contributed by atoms with Gasteiger partial charge in [-0.3, -0.25) is 4.68 Å². The van der Waals surface area contributed by atoms with Gasteiger partial charge in [0.15, 0.2) is 0 Å². The van der Waals surface area contributed by atoms with E-state index in [0.29, 0.717) is 0 Å². The number of nitrogens with zero attached hydrogens (tertiary/aromatic N) is 4. The van der Waals surface area contributed by atoms with Crippen LogP contribution in [0.2, 0.25) is 0 Å². The molecule has 3 aromatic heterocycles.